The predicted molar refractivity (Wildman–Crippen MR) is 133 cm³/mol. The molecule has 5 rings (SSSR count). The van der Waals surface area contributed by atoms with Gasteiger partial charge in [-0.3, -0.25) is 0 Å². The number of imidazole rings is 1. The van der Waals surface area contributed by atoms with Crippen molar-refractivity contribution in [3.05, 3.63) is 70.8 Å². The molecule has 0 radical (unpaired) electrons. The molecule has 0 saturated heterocycles. The third kappa shape index (κ3) is 4.48. The first-order valence-corrected chi connectivity index (χ1v) is 11.9. The Bertz CT molecular complexity index is 1410. The van der Waals surface area contributed by atoms with E-state index in [-0.39, 0.29) is 17.7 Å². The first kappa shape index (κ1) is 23.0. The smallest absolute Gasteiger partial charge is 0.374 e. The van der Waals surface area contributed by atoms with Gasteiger partial charge in [-0.05, 0) is 68.9 Å². The summed E-state index contributed by atoms with van der Waals surface area (Å²) in [6.45, 7) is 6.32. The van der Waals surface area contributed by atoms with Crippen LogP contribution in [0.1, 0.15) is 53.5 Å². The Labute approximate surface area is 203 Å². The first-order valence-electron chi connectivity index (χ1n) is 11.9. The summed E-state index contributed by atoms with van der Waals surface area (Å²) >= 11 is 0. The average molecular weight is 474 g/mol. The summed E-state index contributed by atoms with van der Waals surface area (Å²) in [6, 6.07) is 13.2. The summed E-state index contributed by atoms with van der Waals surface area (Å²) in [5, 5.41) is 13.1. The maximum Gasteiger partial charge on any atom is 0.374 e. The summed E-state index contributed by atoms with van der Waals surface area (Å²) in [5.41, 5.74) is 4.37. The molecule has 2 heterocycles. The molecule has 2 N–H and O–H groups in total. The number of aromatic nitrogens is 4. The van der Waals surface area contributed by atoms with Crippen molar-refractivity contribution in [1.82, 2.24) is 19.5 Å². The number of aryl methyl sites for hydroxylation is 2. The van der Waals surface area contributed by atoms with E-state index in [2.05, 4.69) is 34.3 Å². The minimum Gasteiger partial charge on any atom is -0.475 e. The van der Waals surface area contributed by atoms with Gasteiger partial charge in [-0.15, -0.1) is 0 Å². The lowest BCUT2D eigenvalue weighted by atomic mass is 9.80. The van der Waals surface area contributed by atoms with Crippen LogP contribution < -0.4 is 5.32 Å². The fraction of sp³-hybridized carbons (Fsp3) is 0.333. The van der Waals surface area contributed by atoms with E-state index in [1.54, 1.807) is 19.1 Å². The lowest BCUT2D eigenvalue weighted by Crippen LogP contribution is -2.31. The highest BCUT2D eigenvalue weighted by Gasteiger charge is 2.27. The molecule has 1 fully saturated rings. The molecule has 1 aliphatic carbocycles. The van der Waals surface area contributed by atoms with Gasteiger partial charge in [0, 0.05) is 18.2 Å². The van der Waals surface area contributed by atoms with Gasteiger partial charge in [0.2, 0.25) is 5.82 Å². The number of hydrogen-bond donors (Lipinski definition) is 2. The zero-order valence-electron chi connectivity index (χ0n) is 20.0. The summed E-state index contributed by atoms with van der Waals surface area (Å²) in [5.74, 6) is -0.252. The molecule has 0 amide bonds. The SMILES string of the molecule is Cc1ccc(Cn2c(-c3ccc(F)c(C)c3)nc3nc(C(=O)O)nc(N[C@H](C)C4CCC4)c32)cc1. The Kier molecular flexibility index (Phi) is 5.96. The number of hydrogen-bond acceptors (Lipinski definition) is 5. The van der Waals surface area contributed by atoms with Crippen LogP contribution in [-0.4, -0.2) is 36.6 Å². The van der Waals surface area contributed by atoms with Gasteiger partial charge in [0.1, 0.15) is 17.2 Å². The number of fused-ring (bicyclic) bond motifs is 1. The number of rotatable bonds is 7. The number of aromatic carboxylic acids is 1. The van der Waals surface area contributed by atoms with Gasteiger partial charge < -0.3 is 15.0 Å². The number of carboxylic acid groups (broad SMARTS) is 1. The Morgan fingerprint density at radius 3 is 2.51 bits per heavy atom. The van der Waals surface area contributed by atoms with Crippen LogP contribution in [0.4, 0.5) is 10.2 Å². The van der Waals surface area contributed by atoms with Crippen LogP contribution in [0.15, 0.2) is 42.5 Å². The molecule has 35 heavy (non-hydrogen) atoms. The van der Waals surface area contributed by atoms with Crippen molar-refractivity contribution in [2.24, 2.45) is 5.92 Å². The Balaban J connectivity index is 1.72. The van der Waals surface area contributed by atoms with Crippen LogP contribution in [0.3, 0.4) is 0 Å². The van der Waals surface area contributed by atoms with Gasteiger partial charge in [0.15, 0.2) is 11.5 Å². The Morgan fingerprint density at radius 1 is 1.14 bits per heavy atom. The van der Waals surface area contributed by atoms with Crippen LogP contribution >= 0.6 is 0 Å². The van der Waals surface area contributed by atoms with Crippen molar-refractivity contribution in [2.75, 3.05) is 5.32 Å². The van der Waals surface area contributed by atoms with Crippen molar-refractivity contribution in [2.45, 2.75) is 52.6 Å². The number of carboxylic acids is 1. The molecular formula is C27H28FN5O2. The van der Waals surface area contributed by atoms with E-state index < -0.39 is 5.97 Å². The number of halogens is 1. The molecule has 1 aliphatic rings. The number of benzene rings is 2. The molecule has 4 aromatic rings. The van der Waals surface area contributed by atoms with Crippen LogP contribution in [0.5, 0.6) is 0 Å². The summed E-state index contributed by atoms with van der Waals surface area (Å²) < 4.78 is 16.0. The standard InChI is InChI=1S/C27H28FN5O2/c1-15-7-9-18(10-8-15)14-33-22-23(29-17(3)19-5-4-6-19)30-25(27(34)35)31-24(22)32-26(33)20-11-12-21(28)16(2)13-20/h7-13,17,19H,4-6,14H2,1-3H3,(H,34,35)(H,29,30,31)/t17-/m1/s1. The highest BCUT2D eigenvalue weighted by Crippen LogP contribution is 2.34. The number of carbonyl (C=O) groups is 1. The van der Waals surface area contributed by atoms with Crippen molar-refractivity contribution < 1.29 is 14.3 Å². The van der Waals surface area contributed by atoms with Crippen molar-refractivity contribution in [1.29, 1.82) is 0 Å². The molecule has 2 aromatic heterocycles. The van der Waals surface area contributed by atoms with E-state index in [0.29, 0.717) is 40.8 Å². The van der Waals surface area contributed by atoms with Crippen molar-refractivity contribution >= 4 is 23.0 Å². The second kappa shape index (κ2) is 9.09. The molecule has 0 aliphatic heterocycles. The lowest BCUT2D eigenvalue weighted by Gasteiger charge is -2.32. The minimum absolute atomic E-state index is 0.128. The summed E-state index contributed by atoms with van der Waals surface area (Å²) in [4.78, 5) is 25.2. The van der Waals surface area contributed by atoms with Crippen molar-refractivity contribution in [3.8, 4) is 11.4 Å². The van der Waals surface area contributed by atoms with Crippen LogP contribution in [0.25, 0.3) is 22.6 Å². The zero-order chi connectivity index (χ0) is 24.7. The minimum atomic E-state index is -1.21. The van der Waals surface area contributed by atoms with Crippen LogP contribution in [-0.2, 0) is 6.54 Å². The molecule has 2 aromatic carbocycles. The Hall–Kier alpha value is -3.81. The van der Waals surface area contributed by atoms with E-state index in [1.807, 2.05) is 23.6 Å². The zero-order valence-corrected chi connectivity index (χ0v) is 20.0. The maximum absolute atomic E-state index is 14.0. The largest absolute Gasteiger partial charge is 0.475 e. The third-order valence-electron chi connectivity index (χ3n) is 6.89. The summed E-state index contributed by atoms with van der Waals surface area (Å²) in [7, 11) is 0. The lowest BCUT2D eigenvalue weighted by molar-refractivity contribution is 0.0684. The predicted octanol–water partition coefficient (Wildman–Crippen LogP) is 5.60. The number of anilines is 1. The van der Waals surface area contributed by atoms with Crippen molar-refractivity contribution in [3.63, 3.8) is 0 Å². The molecule has 0 unspecified atom stereocenters. The topological polar surface area (TPSA) is 92.9 Å². The van der Waals surface area contributed by atoms with Crippen LogP contribution in [0.2, 0.25) is 0 Å². The molecule has 180 valence electrons. The van der Waals surface area contributed by atoms with E-state index in [0.717, 1.165) is 29.5 Å². The van der Waals surface area contributed by atoms with Gasteiger partial charge in [-0.2, -0.15) is 0 Å². The monoisotopic (exact) mass is 473 g/mol. The fourth-order valence-corrected chi connectivity index (χ4v) is 4.54. The second-order valence-electron chi connectivity index (χ2n) is 9.47. The highest BCUT2D eigenvalue weighted by molar-refractivity contribution is 5.92. The Morgan fingerprint density at radius 2 is 1.89 bits per heavy atom. The van der Waals surface area contributed by atoms with E-state index >= 15 is 0 Å². The van der Waals surface area contributed by atoms with Crippen LogP contribution in [0, 0.1) is 25.6 Å². The van der Waals surface area contributed by atoms with Gasteiger partial charge in [0.25, 0.3) is 0 Å². The molecular weight excluding hydrogens is 445 g/mol. The normalized spacial score (nSPS) is 14.6. The summed E-state index contributed by atoms with van der Waals surface area (Å²) in [6.07, 6.45) is 3.48. The van der Waals surface area contributed by atoms with E-state index in [4.69, 9.17) is 4.98 Å². The van der Waals surface area contributed by atoms with Gasteiger partial charge in [-0.1, -0.05) is 36.2 Å². The highest BCUT2D eigenvalue weighted by atomic mass is 19.1. The van der Waals surface area contributed by atoms with Gasteiger partial charge in [-0.25, -0.2) is 24.1 Å². The van der Waals surface area contributed by atoms with Gasteiger partial charge in [0.05, 0.1) is 0 Å². The average Bonchev–Trinajstić information content (AvgIpc) is 3.14. The van der Waals surface area contributed by atoms with E-state index in [1.165, 1.54) is 12.5 Å². The second-order valence-corrected chi connectivity index (χ2v) is 9.47. The molecule has 1 saturated carbocycles. The number of nitrogens with zero attached hydrogens (tertiary/aromatic N) is 4. The van der Waals surface area contributed by atoms with Gasteiger partial charge >= 0.3 is 5.97 Å². The molecule has 0 bridgehead atoms. The number of nitrogens with one attached hydrogen (secondary N) is 1. The maximum atomic E-state index is 14.0. The first-order chi connectivity index (χ1) is 16.8. The molecule has 0 spiro atoms. The molecule has 1 atom stereocenters. The molecule has 7 nitrogen and oxygen atoms in total. The molecule has 8 heteroatoms. The quantitative estimate of drug-likeness (QED) is 0.363. The van der Waals surface area contributed by atoms with E-state index in [9.17, 15) is 14.3 Å². The fourth-order valence-electron chi connectivity index (χ4n) is 4.54. The third-order valence-corrected chi connectivity index (χ3v) is 6.89.